The highest BCUT2D eigenvalue weighted by molar-refractivity contribution is 7.80. The zero-order chi connectivity index (χ0) is 7.72. The molecule has 0 bridgehead atoms. The highest BCUT2D eigenvalue weighted by atomic mass is 35.5. The van der Waals surface area contributed by atoms with Crippen molar-refractivity contribution in [1.82, 2.24) is 9.97 Å². The molecule has 0 aromatic carbocycles. The number of nitrogen functional groups attached to an aromatic ring is 1. The Morgan fingerprint density at radius 3 is 2.60 bits per heavy atom. The third-order valence-corrected chi connectivity index (χ3v) is 1.83. The van der Waals surface area contributed by atoms with Crippen LogP contribution in [0, 0.1) is 6.92 Å². The molecule has 0 radical (unpaired) electrons. The molecule has 5 heteroatoms. The highest BCUT2D eigenvalue weighted by Crippen LogP contribution is 2.21. The van der Waals surface area contributed by atoms with E-state index in [2.05, 4.69) is 22.6 Å². The normalized spacial score (nSPS) is 9.90. The number of rotatable bonds is 0. The van der Waals surface area contributed by atoms with E-state index in [0.29, 0.717) is 21.7 Å². The molecule has 10 heavy (non-hydrogen) atoms. The van der Waals surface area contributed by atoms with Gasteiger partial charge in [-0.2, -0.15) is 0 Å². The van der Waals surface area contributed by atoms with Crippen LogP contribution in [0.1, 0.15) is 5.82 Å². The quantitative estimate of drug-likeness (QED) is 0.462. The zero-order valence-corrected chi connectivity index (χ0v) is 6.95. The first-order valence-corrected chi connectivity index (χ1v) is 3.42. The fraction of sp³-hybridized carbons (Fsp3) is 0.200. The van der Waals surface area contributed by atoms with E-state index >= 15 is 0 Å². The van der Waals surface area contributed by atoms with Gasteiger partial charge in [0.25, 0.3) is 0 Å². The van der Waals surface area contributed by atoms with Gasteiger partial charge < -0.3 is 5.73 Å². The predicted octanol–water partition coefficient (Wildman–Crippen LogP) is 1.31. The van der Waals surface area contributed by atoms with Gasteiger partial charge in [-0.1, -0.05) is 11.6 Å². The number of nitrogens with two attached hydrogens (primary N) is 1. The van der Waals surface area contributed by atoms with E-state index in [1.165, 1.54) is 0 Å². The summed E-state index contributed by atoms with van der Waals surface area (Å²) in [6.45, 7) is 1.72. The van der Waals surface area contributed by atoms with Crippen molar-refractivity contribution in [3.05, 3.63) is 11.0 Å². The third kappa shape index (κ3) is 1.33. The van der Waals surface area contributed by atoms with Crippen molar-refractivity contribution in [2.75, 3.05) is 5.73 Å². The minimum atomic E-state index is 0.299. The third-order valence-electron chi connectivity index (χ3n) is 0.980. The minimum absolute atomic E-state index is 0.299. The largest absolute Gasteiger partial charge is 0.383 e. The number of thiol groups is 1. The van der Waals surface area contributed by atoms with Gasteiger partial charge in [-0.25, -0.2) is 9.97 Å². The van der Waals surface area contributed by atoms with Crippen molar-refractivity contribution >= 4 is 30.0 Å². The Morgan fingerprint density at radius 2 is 2.10 bits per heavy atom. The van der Waals surface area contributed by atoms with Crippen molar-refractivity contribution in [3.8, 4) is 0 Å². The van der Waals surface area contributed by atoms with Crippen molar-refractivity contribution in [2.45, 2.75) is 11.8 Å². The summed E-state index contributed by atoms with van der Waals surface area (Å²) in [5.41, 5.74) is 5.41. The molecule has 0 atom stereocenters. The van der Waals surface area contributed by atoms with E-state index < -0.39 is 0 Å². The molecule has 1 aromatic heterocycles. The van der Waals surface area contributed by atoms with Crippen LogP contribution in [-0.4, -0.2) is 9.97 Å². The second-order valence-corrected chi connectivity index (χ2v) is 2.60. The molecular weight excluding hydrogens is 170 g/mol. The molecule has 0 fully saturated rings. The first-order chi connectivity index (χ1) is 4.61. The Labute approximate surface area is 69.0 Å². The molecule has 2 N–H and O–H groups in total. The first-order valence-electron chi connectivity index (χ1n) is 2.60. The highest BCUT2D eigenvalue weighted by Gasteiger charge is 2.03. The van der Waals surface area contributed by atoms with E-state index in [0.717, 1.165) is 0 Å². The average Bonchev–Trinajstić information content (AvgIpc) is 1.82. The molecule has 1 aromatic rings. The topological polar surface area (TPSA) is 51.8 Å². The summed E-state index contributed by atoms with van der Waals surface area (Å²) in [5.74, 6) is 0.876. The zero-order valence-electron chi connectivity index (χ0n) is 5.30. The Bertz CT molecular complexity index is 240. The molecule has 3 nitrogen and oxygen atoms in total. The van der Waals surface area contributed by atoms with E-state index in [9.17, 15) is 0 Å². The molecule has 1 rings (SSSR count). The molecule has 0 spiro atoms. The van der Waals surface area contributed by atoms with Crippen LogP contribution in [0.5, 0.6) is 0 Å². The fourth-order valence-corrected chi connectivity index (χ4v) is 0.872. The van der Waals surface area contributed by atoms with E-state index in [-0.39, 0.29) is 0 Å². The molecule has 0 aliphatic carbocycles. The Morgan fingerprint density at radius 1 is 1.50 bits per heavy atom. The average molecular weight is 176 g/mol. The molecule has 1 heterocycles. The van der Waals surface area contributed by atoms with Gasteiger partial charge in [0.1, 0.15) is 16.8 Å². The van der Waals surface area contributed by atoms with Gasteiger partial charge in [0.05, 0.1) is 4.90 Å². The van der Waals surface area contributed by atoms with Gasteiger partial charge in [-0.15, -0.1) is 12.6 Å². The van der Waals surface area contributed by atoms with E-state index in [1.54, 1.807) is 6.92 Å². The van der Waals surface area contributed by atoms with Gasteiger partial charge in [0.2, 0.25) is 0 Å². The van der Waals surface area contributed by atoms with Gasteiger partial charge in [0, 0.05) is 0 Å². The van der Waals surface area contributed by atoms with Crippen LogP contribution >= 0.6 is 24.2 Å². The SMILES string of the molecule is Cc1nc(N)c(S)c(Cl)n1. The maximum absolute atomic E-state index is 5.61. The minimum Gasteiger partial charge on any atom is -0.383 e. The second-order valence-electron chi connectivity index (χ2n) is 1.80. The van der Waals surface area contributed by atoms with Crippen LogP contribution in [0.25, 0.3) is 0 Å². The Kier molecular flexibility index (Phi) is 2.01. The number of hydrogen-bond donors (Lipinski definition) is 2. The van der Waals surface area contributed by atoms with Crippen LogP contribution in [0.3, 0.4) is 0 Å². The lowest BCUT2D eigenvalue weighted by molar-refractivity contribution is 1.02. The summed E-state index contributed by atoms with van der Waals surface area (Å²) in [5, 5.41) is 0.299. The van der Waals surface area contributed by atoms with Crippen LogP contribution in [0.4, 0.5) is 5.82 Å². The van der Waals surface area contributed by atoms with Crippen LogP contribution in [-0.2, 0) is 0 Å². The lowest BCUT2D eigenvalue weighted by Crippen LogP contribution is -1.97. The molecule has 0 aliphatic rings. The van der Waals surface area contributed by atoms with Crippen molar-refractivity contribution in [1.29, 1.82) is 0 Å². The molecule has 54 valence electrons. The number of aryl methyl sites for hydroxylation is 1. The van der Waals surface area contributed by atoms with Crippen molar-refractivity contribution in [2.24, 2.45) is 0 Å². The van der Waals surface area contributed by atoms with E-state index in [1.807, 2.05) is 0 Å². The summed E-state index contributed by atoms with van der Waals surface area (Å²) in [7, 11) is 0. The number of anilines is 1. The van der Waals surface area contributed by atoms with Crippen LogP contribution in [0.2, 0.25) is 5.15 Å². The number of aromatic nitrogens is 2. The number of hydrogen-bond acceptors (Lipinski definition) is 4. The molecule has 0 amide bonds. The second kappa shape index (κ2) is 2.64. The molecular formula is C5H6ClN3S. The monoisotopic (exact) mass is 175 g/mol. The fourth-order valence-electron chi connectivity index (χ4n) is 0.553. The Balaban J connectivity index is 3.31. The summed E-state index contributed by atoms with van der Waals surface area (Å²) in [4.78, 5) is 8.11. The van der Waals surface area contributed by atoms with Crippen molar-refractivity contribution < 1.29 is 0 Å². The van der Waals surface area contributed by atoms with Gasteiger partial charge in [0.15, 0.2) is 0 Å². The lowest BCUT2D eigenvalue weighted by atomic mass is 10.5. The van der Waals surface area contributed by atoms with Gasteiger partial charge >= 0.3 is 0 Å². The summed E-state index contributed by atoms with van der Waals surface area (Å²) >= 11 is 9.59. The molecule has 0 unspecified atom stereocenters. The van der Waals surface area contributed by atoms with Crippen molar-refractivity contribution in [3.63, 3.8) is 0 Å². The van der Waals surface area contributed by atoms with Crippen LogP contribution < -0.4 is 5.73 Å². The maximum atomic E-state index is 5.61. The first kappa shape index (κ1) is 7.63. The summed E-state index contributed by atoms with van der Waals surface area (Å²) in [6, 6.07) is 0. The predicted molar refractivity (Wildman–Crippen MR) is 43.4 cm³/mol. The van der Waals surface area contributed by atoms with E-state index in [4.69, 9.17) is 17.3 Å². The standard InChI is InChI=1S/C5H6ClN3S/c1-2-8-4(6)3(10)5(7)9-2/h10H,1H3,(H2,7,8,9). The van der Waals surface area contributed by atoms with Gasteiger partial charge in [-0.3, -0.25) is 0 Å². The Hall–Kier alpha value is -0.480. The summed E-state index contributed by atoms with van der Waals surface area (Å²) in [6.07, 6.45) is 0. The van der Waals surface area contributed by atoms with Crippen LogP contribution in [0.15, 0.2) is 4.90 Å². The number of halogens is 1. The smallest absolute Gasteiger partial charge is 0.148 e. The molecule has 0 saturated heterocycles. The summed E-state index contributed by atoms with van der Waals surface area (Å²) < 4.78 is 0. The lowest BCUT2D eigenvalue weighted by Gasteiger charge is -1.99. The molecule has 0 saturated carbocycles. The maximum Gasteiger partial charge on any atom is 0.148 e. The number of nitrogens with zero attached hydrogens (tertiary/aromatic N) is 2. The van der Waals surface area contributed by atoms with Gasteiger partial charge in [-0.05, 0) is 6.92 Å². The molecule has 0 aliphatic heterocycles.